The average molecular weight is 283 g/mol. The lowest BCUT2D eigenvalue weighted by molar-refractivity contribution is 0.179. The van der Waals surface area contributed by atoms with Crippen LogP contribution in [0.4, 0.5) is 5.13 Å². The molecule has 0 aliphatic carbocycles. The summed E-state index contributed by atoms with van der Waals surface area (Å²) >= 11 is 7.76. The van der Waals surface area contributed by atoms with Crippen LogP contribution in [0.1, 0.15) is 0 Å². The van der Waals surface area contributed by atoms with Gasteiger partial charge in [-0.05, 0) is 19.2 Å². The van der Waals surface area contributed by atoms with Crippen LogP contribution in [-0.4, -0.2) is 48.1 Å². The van der Waals surface area contributed by atoms with E-state index in [4.69, 9.17) is 11.6 Å². The van der Waals surface area contributed by atoms with Gasteiger partial charge in [0.05, 0.1) is 15.2 Å². The molecule has 1 aromatic carbocycles. The number of anilines is 1. The number of nitrogens with zero attached hydrogens (tertiary/aromatic N) is 3. The van der Waals surface area contributed by atoms with E-state index in [1.54, 1.807) is 11.3 Å². The molecule has 18 heavy (non-hydrogen) atoms. The second-order valence-corrected chi connectivity index (χ2v) is 5.92. The largest absolute Gasteiger partial charge is 0.304 e. The fourth-order valence-electron chi connectivity index (χ4n) is 2.02. The first-order valence-corrected chi connectivity index (χ1v) is 7.17. The Bertz CT molecular complexity index is 548. The van der Waals surface area contributed by atoms with Gasteiger partial charge in [-0.2, -0.15) is 0 Å². The number of hydrogen-bond acceptors (Lipinski definition) is 5. The van der Waals surface area contributed by atoms with Crippen molar-refractivity contribution in [1.82, 2.24) is 14.9 Å². The lowest BCUT2D eigenvalue weighted by atomic mass is 10.3. The van der Waals surface area contributed by atoms with E-state index in [1.807, 2.05) is 18.2 Å². The summed E-state index contributed by atoms with van der Waals surface area (Å²) in [6, 6.07) is 5.83. The molecule has 1 aromatic heterocycles. The average Bonchev–Trinajstić information content (AvgIpc) is 2.76. The Kier molecular flexibility index (Phi) is 3.39. The van der Waals surface area contributed by atoms with Crippen molar-refractivity contribution in [3.8, 4) is 0 Å². The minimum atomic E-state index is 0.774. The predicted octanol–water partition coefficient (Wildman–Crippen LogP) is 2.52. The van der Waals surface area contributed by atoms with Crippen LogP contribution in [0, 0.1) is 0 Å². The Morgan fingerprint density at radius 1 is 1.28 bits per heavy atom. The standard InChI is InChI=1S/C12H15ClN4S/c1-16-5-7-17(8-6-16)15-12-14-10-4-2-3-9(13)11(10)18-12/h2-4H,5-8H2,1H3,(H,14,15). The first-order chi connectivity index (χ1) is 8.72. The lowest BCUT2D eigenvalue weighted by Crippen LogP contribution is -2.46. The van der Waals surface area contributed by atoms with Crippen molar-refractivity contribution in [3.05, 3.63) is 23.2 Å². The van der Waals surface area contributed by atoms with Gasteiger partial charge in [-0.25, -0.2) is 9.99 Å². The summed E-state index contributed by atoms with van der Waals surface area (Å²) < 4.78 is 1.05. The van der Waals surface area contributed by atoms with Crippen LogP contribution in [0.2, 0.25) is 5.02 Å². The topological polar surface area (TPSA) is 31.4 Å². The highest BCUT2D eigenvalue weighted by Gasteiger charge is 2.15. The number of halogens is 1. The monoisotopic (exact) mass is 282 g/mol. The Labute approximate surface area is 115 Å². The molecule has 2 heterocycles. The number of piperazine rings is 1. The highest BCUT2D eigenvalue weighted by molar-refractivity contribution is 7.22. The van der Waals surface area contributed by atoms with E-state index in [9.17, 15) is 0 Å². The molecule has 2 aromatic rings. The van der Waals surface area contributed by atoms with E-state index in [-0.39, 0.29) is 0 Å². The summed E-state index contributed by atoms with van der Waals surface area (Å²) in [6.45, 7) is 4.19. The van der Waals surface area contributed by atoms with Crippen molar-refractivity contribution in [2.24, 2.45) is 0 Å². The van der Waals surface area contributed by atoms with Gasteiger partial charge >= 0.3 is 0 Å². The van der Waals surface area contributed by atoms with Crippen molar-refractivity contribution in [1.29, 1.82) is 0 Å². The van der Waals surface area contributed by atoms with Crippen LogP contribution in [0.5, 0.6) is 0 Å². The second kappa shape index (κ2) is 5.01. The molecule has 0 unspecified atom stereocenters. The van der Waals surface area contributed by atoms with Gasteiger partial charge in [0, 0.05) is 26.2 Å². The van der Waals surface area contributed by atoms with Crippen LogP contribution in [0.25, 0.3) is 10.2 Å². The maximum atomic E-state index is 6.15. The fraction of sp³-hybridized carbons (Fsp3) is 0.417. The lowest BCUT2D eigenvalue weighted by Gasteiger charge is -2.32. The second-order valence-electron chi connectivity index (χ2n) is 4.51. The van der Waals surface area contributed by atoms with Crippen LogP contribution < -0.4 is 5.43 Å². The van der Waals surface area contributed by atoms with Crippen molar-refractivity contribution in [2.45, 2.75) is 0 Å². The van der Waals surface area contributed by atoms with Crippen LogP contribution in [-0.2, 0) is 0 Å². The molecule has 0 amide bonds. The van der Waals surface area contributed by atoms with E-state index in [2.05, 4.69) is 27.4 Å². The number of fused-ring (bicyclic) bond motifs is 1. The van der Waals surface area contributed by atoms with Gasteiger partial charge in [0.1, 0.15) is 0 Å². The third-order valence-corrected chi connectivity index (χ3v) is 4.56. The highest BCUT2D eigenvalue weighted by Crippen LogP contribution is 2.31. The van der Waals surface area contributed by atoms with Gasteiger partial charge in [0.2, 0.25) is 0 Å². The smallest absolute Gasteiger partial charge is 0.198 e. The van der Waals surface area contributed by atoms with E-state index in [0.717, 1.165) is 46.5 Å². The molecule has 0 bridgehead atoms. The zero-order valence-electron chi connectivity index (χ0n) is 10.2. The fourth-order valence-corrected chi connectivity index (χ4v) is 3.20. The van der Waals surface area contributed by atoms with E-state index >= 15 is 0 Å². The predicted molar refractivity (Wildman–Crippen MR) is 77.3 cm³/mol. The summed E-state index contributed by atoms with van der Waals surface area (Å²) in [5, 5.41) is 3.91. The van der Waals surface area contributed by atoms with Gasteiger partial charge in [-0.3, -0.25) is 5.43 Å². The number of aromatic nitrogens is 1. The molecule has 1 saturated heterocycles. The number of likely N-dealkylation sites (N-methyl/N-ethyl adjacent to an activating group) is 1. The summed E-state index contributed by atoms with van der Waals surface area (Å²) in [5.41, 5.74) is 4.34. The first kappa shape index (κ1) is 12.2. The molecule has 3 rings (SSSR count). The maximum Gasteiger partial charge on any atom is 0.198 e. The molecule has 4 nitrogen and oxygen atoms in total. The summed E-state index contributed by atoms with van der Waals surface area (Å²) in [5.74, 6) is 0. The highest BCUT2D eigenvalue weighted by atomic mass is 35.5. The van der Waals surface area contributed by atoms with Crippen molar-refractivity contribution >= 4 is 38.3 Å². The van der Waals surface area contributed by atoms with Gasteiger partial charge < -0.3 is 4.90 Å². The third-order valence-electron chi connectivity index (χ3n) is 3.12. The molecule has 1 aliphatic rings. The van der Waals surface area contributed by atoms with Crippen molar-refractivity contribution in [2.75, 3.05) is 38.7 Å². The molecular weight excluding hydrogens is 268 g/mol. The Balaban J connectivity index is 1.77. The first-order valence-electron chi connectivity index (χ1n) is 5.97. The molecular formula is C12H15ClN4S. The van der Waals surface area contributed by atoms with Crippen LogP contribution in [0.3, 0.4) is 0 Å². The molecule has 0 saturated carbocycles. The molecule has 1 aliphatic heterocycles. The van der Waals surface area contributed by atoms with E-state index in [0.29, 0.717) is 0 Å². The quantitative estimate of drug-likeness (QED) is 0.917. The number of rotatable bonds is 2. The van der Waals surface area contributed by atoms with E-state index in [1.165, 1.54) is 0 Å². The third kappa shape index (κ3) is 2.44. The minimum absolute atomic E-state index is 0.774. The Hall–Kier alpha value is -0.880. The van der Waals surface area contributed by atoms with Crippen molar-refractivity contribution < 1.29 is 0 Å². The Morgan fingerprint density at radius 2 is 2.06 bits per heavy atom. The number of nitrogens with one attached hydrogen (secondary N) is 1. The maximum absolute atomic E-state index is 6.15. The molecule has 1 fully saturated rings. The SMILES string of the molecule is CN1CCN(Nc2nc3cccc(Cl)c3s2)CC1. The number of hydrogen-bond donors (Lipinski definition) is 1. The summed E-state index contributed by atoms with van der Waals surface area (Å²) in [6.07, 6.45) is 0. The number of thiazole rings is 1. The summed E-state index contributed by atoms with van der Waals surface area (Å²) in [4.78, 5) is 6.88. The van der Waals surface area contributed by atoms with Gasteiger partial charge in [-0.1, -0.05) is 29.0 Å². The van der Waals surface area contributed by atoms with Crippen LogP contribution in [0.15, 0.2) is 18.2 Å². The molecule has 6 heteroatoms. The Morgan fingerprint density at radius 3 is 2.78 bits per heavy atom. The van der Waals surface area contributed by atoms with Gasteiger partial charge in [-0.15, -0.1) is 0 Å². The zero-order chi connectivity index (χ0) is 12.5. The normalized spacial score (nSPS) is 18.3. The molecule has 96 valence electrons. The summed E-state index contributed by atoms with van der Waals surface area (Å²) in [7, 11) is 2.15. The molecule has 0 radical (unpaired) electrons. The van der Waals surface area contributed by atoms with Crippen LogP contribution >= 0.6 is 22.9 Å². The van der Waals surface area contributed by atoms with E-state index < -0.39 is 0 Å². The molecule has 0 atom stereocenters. The van der Waals surface area contributed by atoms with Gasteiger partial charge in [0.25, 0.3) is 0 Å². The van der Waals surface area contributed by atoms with Crippen molar-refractivity contribution in [3.63, 3.8) is 0 Å². The zero-order valence-corrected chi connectivity index (χ0v) is 11.8. The number of benzene rings is 1. The molecule has 1 N–H and O–H groups in total. The van der Waals surface area contributed by atoms with Gasteiger partial charge in [0.15, 0.2) is 5.13 Å². The molecule has 0 spiro atoms. The number of hydrazine groups is 1. The minimum Gasteiger partial charge on any atom is -0.304 e.